The van der Waals surface area contributed by atoms with Crippen LogP contribution in [0.3, 0.4) is 0 Å². The minimum Gasteiger partial charge on any atom is -0.323 e. The Morgan fingerprint density at radius 3 is 2.56 bits per heavy atom. The van der Waals surface area contributed by atoms with Gasteiger partial charge in [0.05, 0.1) is 0 Å². The van der Waals surface area contributed by atoms with Crippen LogP contribution in [0, 0.1) is 0 Å². The highest BCUT2D eigenvalue weighted by atomic mass is 16.2. The van der Waals surface area contributed by atoms with E-state index in [0.29, 0.717) is 0 Å². The molecule has 0 aliphatic carbocycles. The third-order valence-corrected chi connectivity index (χ3v) is 2.82. The van der Waals surface area contributed by atoms with E-state index in [1.165, 1.54) is 6.20 Å². The lowest BCUT2D eigenvalue weighted by molar-refractivity contribution is 0.0923. The van der Waals surface area contributed by atoms with Crippen molar-refractivity contribution in [3.8, 4) is 0 Å². The maximum absolute atomic E-state index is 11.7. The molecule has 6 nitrogen and oxygen atoms in total. The van der Waals surface area contributed by atoms with Gasteiger partial charge in [-0.15, -0.1) is 0 Å². The van der Waals surface area contributed by atoms with Crippen molar-refractivity contribution in [1.29, 1.82) is 0 Å². The van der Waals surface area contributed by atoms with E-state index < -0.39 is 5.91 Å². The number of hydrogen-bond acceptors (Lipinski definition) is 3. The summed E-state index contributed by atoms with van der Waals surface area (Å²) in [6.45, 7) is 1.48. The summed E-state index contributed by atoms with van der Waals surface area (Å²) in [7, 11) is 0. The molecule has 0 radical (unpaired) electrons. The summed E-state index contributed by atoms with van der Waals surface area (Å²) in [5.41, 5.74) is 5.03. The van der Waals surface area contributed by atoms with Gasteiger partial charge in [0.1, 0.15) is 5.69 Å². The lowest BCUT2D eigenvalue weighted by Gasteiger charge is -2.26. The Morgan fingerprint density at radius 1 is 1.11 bits per heavy atom. The Bertz CT molecular complexity index is 415. The van der Waals surface area contributed by atoms with Crippen LogP contribution >= 0.6 is 0 Å². The number of nitrogens with zero attached hydrogens (tertiary/aromatic N) is 2. The van der Waals surface area contributed by atoms with Gasteiger partial charge in [-0.25, -0.2) is 10.2 Å². The molecule has 1 aromatic heterocycles. The summed E-state index contributed by atoms with van der Waals surface area (Å²) in [6.07, 6.45) is 4.72. The standard InChI is InChI=1S/C12H16N4O2/c17-11(10-6-2-3-7-13-10)14-15-12(18)16-8-4-1-5-9-16/h2-3,6-7H,1,4-5,8-9H2,(H,14,17)(H,15,18). The fraction of sp³-hybridized carbons (Fsp3) is 0.417. The largest absolute Gasteiger partial charge is 0.336 e. The van der Waals surface area contributed by atoms with Crippen LogP contribution in [0.5, 0.6) is 0 Å². The number of hydrazine groups is 1. The van der Waals surface area contributed by atoms with Crippen LogP contribution in [0.1, 0.15) is 29.8 Å². The Balaban J connectivity index is 1.80. The van der Waals surface area contributed by atoms with Gasteiger partial charge in [-0.05, 0) is 31.4 Å². The molecule has 0 unspecified atom stereocenters. The van der Waals surface area contributed by atoms with Gasteiger partial charge < -0.3 is 4.90 Å². The smallest absolute Gasteiger partial charge is 0.323 e. The van der Waals surface area contributed by atoms with Crippen LogP contribution in [0.4, 0.5) is 4.79 Å². The second kappa shape index (κ2) is 6.00. The monoisotopic (exact) mass is 248 g/mol. The number of amides is 3. The Labute approximate surface area is 105 Å². The lowest BCUT2D eigenvalue weighted by atomic mass is 10.1. The number of rotatable bonds is 1. The van der Waals surface area contributed by atoms with E-state index in [-0.39, 0.29) is 11.7 Å². The normalized spacial score (nSPS) is 15.0. The molecular weight excluding hydrogens is 232 g/mol. The quantitative estimate of drug-likeness (QED) is 0.726. The maximum atomic E-state index is 11.7. The zero-order valence-corrected chi connectivity index (χ0v) is 10.1. The molecule has 96 valence electrons. The molecule has 3 amide bonds. The van der Waals surface area contributed by atoms with Crippen molar-refractivity contribution in [1.82, 2.24) is 20.7 Å². The van der Waals surface area contributed by atoms with Gasteiger partial charge in [0.15, 0.2) is 0 Å². The SMILES string of the molecule is O=C(NNC(=O)N1CCCCC1)c1ccccn1. The molecule has 18 heavy (non-hydrogen) atoms. The fourth-order valence-corrected chi connectivity index (χ4v) is 1.85. The molecule has 0 aromatic carbocycles. The molecule has 1 saturated heterocycles. The molecular formula is C12H16N4O2. The van der Waals surface area contributed by atoms with Crippen molar-refractivity contribution in [2.45, 2.75) is 19.3 Å². The highest BCUT2D eigenvalue weighted by Gasteiger charge is 2.16. The van der Waals surface area contributed by atoms with Gasteiger partial charge in [0.2, 0.25) is 0 Å². The van der Waals surface area contributed by atoms with Crippen molar-refractivity contribution >= 4 is 11.9 Å². The Hall–Kier alpha value is -2.11. The number of carbonyl (C=O) groups is 2. The van der Waals surface area contributed by atoms with Gasteiger partial charge in [-0.2, -0.15) is 0 Å². The van der Waals surface area contributed by atoms with Crippen molar-refractivity contribution in [3.05, 3.63) is 30.1 Å². The number of hydrogen-bond donors (Lipinski definition) is 2. The van der Waals surface area contributed by atoms with E-state index in [1.54, 1.807) is 23.1 Å². The third-order valence-electron chi connectivity index (χ3n) is 2.82. The van der Waals surface area contributed by atoms with E-state index >= 15 is 0 Å². The Kier molecular flexibility index (Phi) is 4.11. The first-order chi connectivity index (χ1) is 8.77. The van der Waals surface area contributed by atoms with E-state index in [1.807, 2.05) is 0 Å². The van der Waals surface area contributed by atoms with Crippen LogP contribution in [0.25, 0.3) is 0 Å². The van der Waals surface area contributed by atoms with Crippen molar-refractivity contribution in [2.75, 3.05) is 13.1 Å². The summed E-state index contributed by atoms with van der Waals surface area (Å²) in [6, 6.07) is 4.76. The number of carbonyl (C=O) groups excluding carboxylic acids is 2. The van der Waals surface area contributed by atoms with Gasteiger partial charge in [0, 0.05) is 19.3 Å². The molecule has 1 aliphatic rings. The number of urea groups is 1. The molecule has 0 atom stereocenters. The number of pyridine rings is 1. The van der Waals surface area contributed by atoms with Crippen molar-refractivity contribution < 1.29 is 9.59 Å². The second-order valence-corrected chi connectivity index (χ2v) is 4.15. The molecule has 1 fully saturated rings. The lowest BCUT2D eigenvalue weighted by Crippen LogP contribution is -2.50. The minimum atomic E-state index is -0.416. The fourth-order valence-electron chi connectivity index (χ4n) is 1.85. The first-order valence-electron chi connectivity index (χ1n) is 6.03. The minimum absolute atomic E-state index is 0.265. The zero-order chi connectivity index (χ0) is 12.8. The number of aromatic nitrogens is 1. The number of likely N-dealkylation sites (tertiary alicyclic amines) is 1. The molecule has 2 heterocycles. The second-order valence-electron chi connectivity index (χ2n) is 4.15. The molecule has 0 spiro atoms. The van der Waals surface area contributed by atoms with E-state index in [0.717, 1.165) is 32.4 Å². The average molecular weight is 248 g/mol. The van der Waals surface area contributed by atoms with Gasteiger partial charge in [0.25, 0.3) is 5.91 Å². The molecule has 0 saturated carbocycles. The topological polar surface area (TPSA) is 74.3 Å². The van der Waals surface area contributed by atoms with E-state index in [9.17, 15) is 9.59 Å². The van der Waals surface area contributed by atoms with Crippen LogP contribution in [-0.2, 0) is 0 Å². The van der Waals surface area contributed by atoms with Crippen molar-refractivity contribution in [3.63, 3.8) is 0 Å². The van der Waals surface area contributed by atoms with Gasteiger partial charge in [-0.1, -0.05) is 6.07 Å². The van der Waals surface area contributed by atoms with Crippen LogP contribution in [0.2, 0.25) is 0 Å². The van der Waals surface area contributed by atoms with E-state index in [2.05, 4.69) is 15.8 Å². The zero-order valence-electron chi connectivity index (χ0n) is 10.1. The first-order valence-corrected chi connectivity index (χ1v) is 6.03. The van der Waals surface area contributed by atoms with Crippen molar-refractivity contribution in [2.24, 2.45) is 0 Å². The highest BCUT2D eigenvalue weighted by Crippen LogP contribution is 2.07. The predicted octanol–water partition coefficient (Wildman–Crippen LogP) is 0.922. The van der Waals surface area contributed by atoms with Crippen LogP contribution < -0.4 is 10.9 Å². The molecule has 1 aromatic rings. The molecule has 2 N–H and O–H groups in total. The summed E-state index contributed by atoms with van der Waals surface area (Å²) >= 11 is 0. The first kappa shape index (κ1) is 12.3. The summed E-state index contributed by atoms with van der Waals surface area (Å²) in [5, 5.41) is 0. The Morgan fingerprint density at radius 2 is 1.89 bits per heavy atom. The van der Waals surface area contributed by atoms with Crippen LogP contribution in [0.15, 0.2) is 24.4 Å². The molecule has 6 heteroatoms. The highest BCUT2D eigenvalue weighted by molar-refractivity contribution is 5.93. The number of piperidine rings is 1. The molecule has 0 bridgehead atoms. The van der Waals surface area contributed by atoms with Gasteiger partial charge in [-0.3, -0.25) is 15.2 Å². The number of nitrogens with one attached hydrogen (secondary N) is 2. The van der Waals surface area contributed by atoms with Gasteiger partial charge >= 0.3 is 6.03 Å². The maximum Gasteiger partial charge on any atom is 0.336 e. The summed E-state index contributed by atoms with van der Waals surface area (Å²) < 4.78 is 0. The average Bonchev–Trinajstić information content (AvgIpc) is 2.46. The molecule has 1 aliphatic heterocycles. The third kappa shape index (κ3) is 3.19. The van der Waals surface area contributed by atoms with Crippen LogP contribution in [-0.4, -0.2) is 34.9 Å². The summed E-state index contributed by atoms with van der Waals surface area (Å²) in [4.78, 5) is 28.9. The molecule has 2 rings (SSSR count). The van der Waals surface area contributed by atoms with E-state index in [4.69, 9.17) is 0 Å². The summed E-state index contributed by atoms with van der Waals surface area (Å²) in [5.74, 6) is -0.416. The predicted molar refractivity (Wildman–Crippen MR) is 65.7 cm³/mol.